The van der Waals surface area contributed by atoms with Gasteiger partial charge in [0.25, 0.3) is 0 Å². The van der Waals surface area contributed by atoms with Crippen molar-refractivity contribution >= 4 is 21.8 Å². The lowest BCUT2D eigenvalue weighted by Crippen LogP contribution is -2.28. The van der Waals surface area contributed by atoms with Crippen molar-refractivity contribution in [3.63, 3.8) is 0 Å². The molecule has 0 saturated heterocycles. The zero-order valence-corrected chi connectivity index (χ0v) is 13.5. The number of alkyl halides is 1. The number of carbonyl (C=O) groups is 1. The molecule has 3 nitrogen and oxygen atoms in total. The molecule has 2 unspecified atom stereocenters. The second-order valence-electron chi connectivity index (χ2n) is 5.43. The lowest BCUT2D eigenvalue weighted by molar-refractivity contribution is -0.121. The van der Waals surface area contributed by atoms with Crippen molar-refractivity contribution in [3.05, 3.63) is 29.8 Å². The van der Waals surface area contributed by atoms with Crippen molar-refractivity contribution in [1.29, 1.82) is 0 Å². The van der Waals surface area contributed by atoms with Gasteiger partial charge in [-0.15, -0.1) is 0 Å². The van der Waals surface area contributed by atoms with Crippen LogP contribution in [0.15, 0.2) is 24.3 Å². The van der Waals surface area contributed by atoms with E-state index in [1.54, 1.807) is 7.11 Å². The van der Waals surface area contributed by atoms with Crippen LogP contribution in [0, 0.1) is 5.92 Å². The predicted molar refractivity (Wildman–Crippen MR) is 84.4 cm³/mol. The fraction of sp³-hybridized carbons (Fsp3) is 0.562. The normalized spacial score (nSPS) is 21.7. The molecule has 0 aromatic heterocycles. The number of aryl methyl sites for hydroxylation is 1. The number of nitrogens with one attached hydrogen (secondary N) is 1. The third-order valence-electron chi connectivity index (χ3n) is 3.86. The molecule has 1 aromatic carbocycles. The number of methoxy groups -OCH3 is 1. The third kappa shape index (κ3) is 4.82. The summed E-state index contributed by atoms with van der Waals surface area (Å²) in [5.74, 6) is 1.65. The molecule has 0 bridgehead atoms. The number of amides is 1. The Labute approximate surface area is 129 Å². The summed E-state index contributed by atoms with van der Waals surface area (Å²) in [6.07, 6.45) is 4.96. The maximum absolute atomic E-state index is 11.8. The maximum atomic E-state index is 11.8. The summed E-state index contributed by atoms with van der Waals surface area (Å²) < 4.78 is 5.12. The van der Waals surface area contributed by atoms with Gasteiger partial charge in [0, 0.05) is 17.8 Å². The van der Waals surface area contributed by atoms with Crippen LogP contribution in [-0.4, -0.2) is 24.4 Å². The highest BCUT2D eigenvalue weighted by Gasteiger charge is 2.22. The second-order valence-corrected chi connectivity index (χ2v) is 6.72. The summed E-state index contributed by atoms with van der Waals surface area (Å²) in [4.78, 5) is 12.5. The number of benzene rings is 1. The van der Waals surface area contributed by atoms with E-state index in [2.05, 4.69) is 21.2 Å². The summed E-state index contributed by atoms with van der Waals surface area (Å²) in [5, 5.41) is 3.05. The van der Waals surface area contributed by atoms with Gasteiger partial charge in [-0.1, -0.05) is 28.1 Å². The van der Waals surface area contributed by atoms with Crippen LogP contribution in [0.5, 0.6) is 5.75 Å². The molecular weight excluding hydrogens is 318 g/mol. The molecule has 1 aliphatic carbocycles. The van der Waals surface area contributed by atoms with Crippen LogP contribution in [0.3, 0.4) is 0 Å². The summed E-state index contributed by atoms with van der Waals surface area (Å²) in [6.45, 7) is 0.823. The average Bonchev–Trinajstić information content (AvgIpc) is 2.89. The molecule has 1 aromatic rings. The Morgan fingerprint density at radius 1 is 1.35 bits per heavy atom. The van der Waals surface area contributed by atoms with Crippen LogP contribution in [0.2, 0.25) is 0 Å². The lowest BCUT2D eigenvalue weighted by atomic mass is 10.1. The van der Waals surface area contributed by atoms with Crippen LogP contribution in [0.25, 0.3) is 0 Å². The van der Waals surface area contributed by atoms with Crippen molar-refractivity contribution in [2.75, 3.05) is 13.7 Å². The molecule has 110 valence electrons. The molecule has 0 aliphatic heterocycles. The molecule has 1 fully saturated rings. The van der Waals surface area contributed by atoms with Crippen LogP contribution in [-0.2, 0) is 11.2 Å². The van der Waals surface area contributed by atoms with E-state index in [9.17, 15) is 4.79 Å². The second kappa shape index (κ2) is 7.67. The zero-order chi connectivity index (χ0) is 14.4. The zero-order valence-electron chi connectivity index (χ0n) is 11.9. The van der Waals surface area contributed by atoms with Crippen molar-refractivity contribution in [2.45, 2.75) is 36.9 Å². The Kier molecular flexibility index (Phi) is 5.89. The largest absolute Gasteiger partial charge is 0.497 e. The SMILES string of the molecule is COc1ccc(CCC(=O)NCC2CCC(Br)C2)cc1. The Morgan fingerprint density at radius 2 is 2.10 bits per heavy atom. The lowest BCUT2D eigenvalue weighted by Gasteiger charge is -2.11. The van der Waals surface area contributed by atoms with Gasteiger partial charge >= 0.3 is 0 Å². The first-order chi connectivity index (χ1) is 9.67. The number of halogens is 1. The Morgan fingerprint density at radius 3 is 2.70 bits per heavy atom. The minimum atomic E-state index is 0.152. The highest BCUT2D eigenvalue weighted by molar-refractivity contribution is 9.09. The van der Waals surface area contributed by atoms with Gasteiger partial charge in [-0.2, -0.15) is 0 Å². The summed E-state index contributed by atoms with van der Waals surface area (Å²) in [7, 11) is 1.66. The van der Waals surface area contributed by atoms with Gasteiger partial charge < -0.3 is 10.1 Å². The van der Waals surface area contributed by atoms with Gasteiger partial charge in [-0.05, 0) is 49.3 Å². The van der Waals surface area contributed by atoms with E-state index in [0.29, 0.717) is 17.2 Å². The molecule has 0 radical (unpaired) electrons. The standard InChI is InChI=1S/C16H22BrNO2/c1-20-15-7-3-12(4-8-15)5-9-16(19)18-11-13-2-6-14(17)10-13/h3-4,7-8,13-14H,2,5-6,9-11H2,1H3,(H,18,19). The monoisotopic (exact) mass is 339 g/mol. The van der Waals surface area contributed by atoms with Gasteiger partial charge in [-0.3, -0.25) is 4.79 Å². The molecule has 4 heteroatoms. The van der Waals surface area contributed by atoms with E-state index in [1.807, 2.05) is 24.3 Å². The molecular formula is C16H22BrNO2. The van der Waals surface area contributed by atoms with Crippen molar-refractivity contribution in [3.8, 4) is 5.75 Å². The first-order valence-electron chi connectivity index (χ1n) is 7.21. The van der Waals surface area contributed by atoms with Gasteiger partial charge in [0.05, 0.1) is 7.11 Å². The van der Waals surface area contributed by atoms with E-state index in [1.165, 1.54) is 24.8 Å². The van der Waals surface area contributed by atoms with Crippen LogP contribution < -0.4 is 10.1 Å². The van der Waals surface area contributed by atoms with Crippen molar-refractivity contribution in [1.82, 2.24) is 5.32 Å². The highest BCUT2D eigenvalue weighted by atomic mass is 79.9. The van der Waals surface area contributed by atoms with Crippen LogP contribution >= 0.6 is 15.9 Å². The topological polar surface area (TPSA) is 38.3 Å². The van der Waals surface area contributed by atoms with E-state index in [4.69, 9.17) is 4.74 Å². The Bertz CT molecular complexity index is 433. The molecule has 1 N–H and O–H groups in total. The first kappa shape index (κ1) is 15.4. The first-order valence-corrected chi connectivity index (χ1v) is 8.12. The molecule has 1 amide bonds. The molecule has 0 heterocycles. The quantitative estimate of drug-likeness (QED) is 0.807. The smallest absolute Gasteiger partial charge is 0.220 e. The fourth-order valence-electron chi connectivity index (χ4n) is 2.60. The van der Waals surface area contributed by atoms with Gasteiger partial charge in [0.1, 0.15) is 5.75 Å². The summed E-state index contributed by atoms with van der Waals surface area (Å²) in [6, 6.07) is 7.89. The van der Waals surface area contributed by atoms with Crippen LogP contribution in [0.4, 0.5) is 0 Å². The number of hydrogen-bond donors (Lipinski definition) is 1. The number of hydrogen-bond acceptors (Lipinski definition) is 2. The van der Waals surface area contributed by atoms with Crippen molar-refractivity contribution < 1.29 is 9.53 Å². The number of ether oxygens (including phenoxy) is 1. The van der Waals surface area contributed by atoms with Gasteiger partial charge in [0.15, 0.2) is 0 Å². The molecule has 2 rings (SSSR count). The molecule has 1 saturated carbocycles. The minimum absolute atomic E-state index is 0.152. The van der Waals surface area contributed by atoms with Gasteiger partial charge in [0.2, 0.25) is 5.91 Å². The minimum Gasteiger partial charge on any atom is -0.497 e. The highest BCUT2D eigenvalue weighted by Crippen LogP contribution is 2.29. The summed E-state index contributed by atoms with van der Waals surface area (Å²) >= 11 is 3.64. The molecule has 0 spiro atoms. The van der Waals surface area contributed by atoms with E-state index >= 15 is 0 Å². The van der Waals surface area contributed by atoms with E-state index in [-0.39, 0.29) is 5.91 Å². The Balaban J connectivity index is 1.66. The fourth-order valence-corrected chi connectivity index (χ4v) is 3.39. The number of carbonyl (C=O) groups excluding carboxylic acids is 1. The van der Waals surface area contributed by atoms with Crippen molar-refractivity contribution in [2.24, 2.45) is 5.92 Å². The third-order valence-corrected chi connectivity index (χ3v) is 4.70. The number of rotatable bonds is 6. The maximum Gasteiger partial charge on any atom is 0.220 e. The summed E-state index contributed by atoms with van der Waals surface area (Å²) in [5.41, 5.74) is 1.17. The van der Waals surface area contributed by atoms with Gasteiger partial charge in [-0.25, -0.2) is 0 Å². The molecule has 2 atom stereocenters. The van der Waals surface area contributed by atoms with Crippen LogP contribution in [0.1, 0.15) is 31.2 Å². The average molecular weight is 340 g/mol. The van der Waals surface area contributed by atoms with E-state index < -0.39 is 0 Å². The molecule has 20 heavy (non-hydrogen) atoms. The van der Waals surface area contributed by atoms with E-state index in [0.717, 1.165) is 18.7 Å². The predicted octanol–water partition coefficient (Wildman–Crippen LogP) is 3.31. The Hall–Kier alpha value is -1.03. The molecule has 1 aliphatic rings.